The maximum Gasteiger partial charge on any atom is 0.147 e. The van der Waals surface area contributed by atoms with Gasteiger partial charge in [-0.3, -0.25) is 0 Å². The van der Waals surface area contributed by atoms with Gasteiger partial charge < -0.3 is 10.1 Å². The van der Waals surface area contributed by atoms with Crippen molar-refractivity contribution in [1.29, 1.82) is 0 Å². The summed E-state index contributed by atoms with van der Waals surface area (Å²) in [4.78, 5) is 0. The van der Waals surface area contributed by atoms with Crippen molar-refractivity contribution in [2.75, 3.05) is 7.11 Å². The van der Waals surface area contributed by atoms with E-state index in [0.717, 1.165) is 34.2 Å². The monoisotopic (exact) mass is 411 g/mol. The Kier molecular flexibility index (Phi) is 6.27. The van der Waals surface area contributed by atoms with Crippen molar-refractivity contribution in [2.45, 2.75) is 26.4 Å². The van der Waals surface area contributed by atoms with Crippen LogP contribution in [0.15, 0.2) is 45.3 Å². The standard InChI is InChI=1S/C17H19Br2NO/c1-3-13-6-4-5-7-14(13)11-20-10-12-8-15(18)17(21-2)16(19)9-12/h4-9,20H,3,10-11H2,1-2H3. The molecule has 0 radical (unpaired) electrons. The zero-order valence-corrected chi connectivity index (χ0v) is 15.4. The lowest BCUT2D eigenvalue weighted by molar-refractivity contribution is 0.409. The first-order valence-electron chi connectivity index (χ1n) is 6.95. The van der Waals surface area contributed by atoms with Crippen molar-refractivity contribution in [3.63, 3.8) is 0 Å². The van der Waals surface area contributed by atoms with Crippen molar-refractivity contribution in [3.8, 4) is 5.75 Å². The number of aryl methyl sites for hydroxylation is 1. The molecule has 0 aliphatic rings. The molecule has 112 valence electrons. The van der Waals surface area contributed by atoms with Crippen molar-refractivity contribution in [1.82, 2.24) is 5.32 Å². The molecule has 0 fully saturated rings. The zero-order valence-electron chi connectivity index (χ0n) is 12.2. The molecule has 0 saturated heterocycles. The lowest BCUT2D eigenvalue weighted by Crippen LogP contribution is -2.14. The number of hydrogen-bond acceptors (Lipinski definition) is 2. The quantitative estimate of drug-likeness (QED) is 0.714. The summed E-state index contributed by atoms with van der Waals surface area (Å²) in [7, 11) is 1.67. The fraction of sp³-hybridized carbons (Fsp3) is 0.294. The van der Waals surface area contributed by atoms with Gasteiger partial charge in [-0.05, 0) is 67.1 Å². The Morgan fingerprint density at radius 1 is 1.00 bits per heavy atom. The number of ether oxygens (including phenoxy) is 1. The molecule has 2 nitrogen and oxygen atoms in total. The molecule has 21 heavy (non-hydrogen) atoms. The Morgan fingerprint density at radius 3 is 2.19 bits per heavy atom. The number of hydrogen-bond donors (Lipinski definition) is 1. The van der Waals surface area contributed by atoms with E-state index in [1.807, 2.05) is 0 Å². The highest BCUT2D eigenvalue weighted by atomic mass is 79.9. The van der Waals surface area contributed by atoms with E-state index in [1.54, 1.807) is 7.11 Å². The van der Waals surface area contributed by atoms with E-state index in [0.29, 0.717) is 0 Å². The Hall–Kier alpha value is -0.840. The van der Waals surface area contributed by atoms with Crippen LogP contribution in [0.2, 0.25) is 0 Å². The second-order valence-electron chi connectivity index (χ2n) is 4.82. The summed E-state index contributed by atoms with van der Waals surface area (Å²) >= 11 is 7.07. The SMILES string of the molecule is CCc1ccccc1CNCc1cc(Br)c(OC)c(Br)c1. The predicted molar refractivity (Wildman–Crippen MR) is 94.8 cm³/mol. The summed E-state index contributed by atoms with van der Waals surface area (Å²) in [5.74, 6) is 0.829. The summed E-state index contributed by atoms with van der Waals surface area (Å²) in [6, 6.07) is 12.7. The highest BCUT2D eigenvalue weighted by Crippen LogP contribution is 2.34. The van der Waals surface area contributed by atoms with E-state index in [4.69, 9.17) is 4.74 Å². The van der Waals surface area contributed by atoms with E-state index in [9.17, 15) is 0 Å². The first-order chi connectivity index (χ1) is 10.2. The van der Waals surface area contributed by atoms with Crippen LogP contribution in [-0.2, 0) is 19.5 Å². The Balaban J connectivity index is 2.01. The first kappa shape index (κ1) is 16.5. The number of methoxy groups -OCH3 is 1. The van der Waals surface area contributed by atoms with Crippen LogP contribution in [0.4, 0.5) is 0 Å². The van der Waals surface area contributed by atoms with Gasteiger partial charge in [-0.2, -0.15) is 0 Å². The third-order valence-electron chi connectivity index (χ3n) is 3.41. The summed E-state index contributed by atoms with van der Waals surface area (Å²) in [5, 5.41) is 3.50. The van der Waals surface area contributed by atoms with Crippen molar-refractivity contribution in [2.24, 2.45) is 0 Å². The van der Waals surface area contributed by atoms with Crippen molar-refractivity contribution in [3.05, 3.63) is 62.0 Å². The fourth-order valence-corrected chi connectivity index (χ4v) is 3.93. The van der Waals surface area contributed by atoms with Crippen molar-refractivity contribution >= 4 is 31.9 Å². The molecule has 0 aromatic heterocycles. The number of rotatable bonds is 6. The summed E-state index contributed by atoms with van der Waals surface area (Å²) in [6.45, 7) is 3.89. The molecule has 2 aromatic rings. The van der Waals surface area contributed by atoms with Crippen LogP contribution in [0.1, 0.15) is 23.6 Å². The number of halogens is 2. The van der Waals surface area contributed by atoms with Crippen LogP contribution >= 0.6 is 31.9 Å². The molecular formula is C17H19Br2NO. The third kappa shape index (κ3) is 4.31. The molecule has 4 heteroatoms. The van der Waals surface area contributed by atoms with Crippen LogP contribution in [-0.4, -0.2) is 7.11 Å². The lowest BCUT2D eigenvalue weighted by atomic mass is 10.1. The second kappa shape index (κ2) is 7.97. The maximum absolute atomic E-state index is 5.32. The summed E-state index contributed by atoms with van der Waals surface area (Å²) in [5.41, 5.74) is 3.98. The number of benzene rings is 2. The van der Waals surface area contributed by atoms with Crippen LogP contribution < -0.4 is 10.1 Å². The molecule has 1 N–H and O–H groups in total. The van der Waals surface area contributed by atoms with Gasteiger partial charge in [0.05, 0.1) is 16.1 Å². The van der Waals surface area contributed by atoms with Crippen LogP contribution in [0.5, 0.6) is 5.75 Å². The first-order valence-corrected chi connectivity index (χ1v) is 8.53. The Labute approximate surface area is 143 Å². The molecule has 0 aliphatic carbocycles. The second-order valence-corrected chi connectivity index (χ2v) is 6.53. The van der Waals surface area contributed by atoms with Gasteiger partial charge in [-0.1, -0.05) is 31.2 Å². The predicted octanol–water partition coefficient (Wildman–Crippen LogP) is 5.07. The van der Waals surface area contributed by atoms with Gasteiger partial charge in [0.15, 0.2) is 0 Å². The minimum atomic E-state index is 0.819. The molecule has 0 saturated carbocycles. The van der Waals surface area contributed by atoms with Crippen LogP contribution in [0, 0.1) is 0 Å². The maximum atomic E-state index is 5.32. The highest BCUT2D eigenvalue weighted by Gasteiger charge is 2.07. The molecule has 0 unspecified atom stereocenters. The zero-order chi connectivity index (χ0) is 15.2. The van der Waals surface area contributed by atoms with Gasteiger partial charge in [-0.15, -0.1) is 0 Å². The topological polar surface area (TPSA) is 21.3 Å². The average Bonchev–Trinajstić information content (AvgIpc) is 2.47. The van der Waals surface area contributed by atoms with Crippen LogP contribution in [0.3, 0.4) is 0 Å². The fourth-order valence-electron chi connectivity index (χ4n) is 2.33. The van der Waals surface area contributed by atoms with E-state index in [-0.39, 0.29) is 0 Å². The van der Waals surface area contributed by atoms with Gasteiger partial charge in [-0.25, -0.2) is 0 Å². The third-order valence-corrected chi connectivity index (χ3v) is 4.58. The van der Waals surface area contributed by atoms with Gasteiger partial charge in [0, 0.05) is 13.1 Å². The Bertz CT molecular complexity index is 590. The lowest BCUT2D eigenvalue weighted by Gasteiger charge is -2.11. The molecule has 0 bridgehead atoms. The summed E-state index contributed by atoms with van der Waals surface area (Å²) in [6.07, 6.45) is 1.07. The smallest absolute Gasteiger partial charge is 0.147 e. The van der Waals surface area contributed by atoms with Gasteiger partial charge in [0.25, 0.3) is 0 Å². The van der Waals surface area contributed by atoms with E-state index in [1.165, 1.54) is 16.7 Å². The molecule has 0 spiro atoms. The molecule has 0 aliphatic heterocycles. The largest absolute Gasteiger partial charge is 0.494 e. The van der Waals surface area contributed by atoms with Crippen molar-refractivity contribution < 1.29 is 4.74 Å². The number of nitrogens with one attached hydrogen (secondary N) is 1. The average molecular weight is 413 g/mol. The van der Waals surface area contributed by atoms with Gasteiger partial charge in [0.2, 0.25) is 0 Å². The van der Waals surface area contributed by atoms with E-state index < -0.39 is 0 Å². The molecular weight excluding hydrogens is 394 g/mol. The highest BCUT2D eigenvalue weighted by molar-refractivity contribution is 9.11. The summed E-state index contributed by atoms with van der Waals surface area (Å²) < 4.78 is 7.25. The minimum absolute atomic E-state index is 0.819. The van der Waals surface area contributed by atoms with Crippen LogP contribution in [0.25, 0.3) is 0 Å². The molecule has 2 aromatic carbocycles. The van der Waals surface area contributed by atoms with E-state index >= 15 is 0 Å². The van der Waals surface area contributed by atoms with E-state index in [2.05, 4.69) is 80.5 Å². The molecule has 0 heterocycles. The molecule has 0 amide bonds. The molecule has 0 atom stereocenters. The van der Waals surface area contributed by atoms with Gasteiger partial charge in [0.1, 0.15) is 5.75 Å². The Morgan fingerprint density at radius 2 is 1.62 bits per heavy atom. The normalized spacial score (nSPS) is 10.7. The molecule has 2 rings (SSSR count). The minimum Gasteiger partial charge on any atom is -0.494 e. The van der Waals surface area contributed by atoms with Gasteiger partial charge >= 0.3 is 0 Å².